The first-order chi connectivity index (χ1) is 9.32. The van der Waals surface area contributed by atoms with Crippen LogP contribution in [0.1, 0.15) is 19.8 Å². The Morgan fingerprint density at radius 3 is 2.45 bits per heavy atom. The first kappa shape index (κ1) is 18.8. The predicted octanol–water partition coefficient (Wildman–Crippen LogP) is -0.990. The molecule has 0 aliphatic heterocycles. The number of ether oxygens (including phenoxy) is 2. The lowest BCUT2D eigenvalue weighted by Gasteiger charge is -2.14. The number of amides is 1. The Bertz CT molecular complexity index is 409. The number of carbonyl (C=O) groups excluding carboxylic acids is 2. The van der Waals surface area contributed by atoms with Gasteiger partial charge in [0.25, 0.3) is 0 Å². The number of sulfonamides is 1. The maximum Gasteiger partial charge on any atom is 0.305 e. The zero-order valence-electron chi connectivity index (χ0n) is 12.0. The van der Waals surface area contributed by atoms with Crippen molar-refractivity contribution in [1.82, 2.24) is 10.0 Å². The van der Waals surface area contributed by atoms with Crippen molar-refractivity contribution in [2.45, 2.75) is 25.8 Å². The third-order valence-electron chi connectivity index (χ3n) is 2.38. The number of methoxy groups -OCH3 is 2. The fourth-order valence-electron chi connectivity index (χ4n) is 1.32. The van der Waals surface area contributed by atoms with Crippen molar-refractivity contribution < 1.29 is 27.5 Å². The molecule has 0 saturated heterocycles. The van der Waals surface area contributed by atoms with Crippen LogP contribution in [0.15, 0.2) is 0 Å². The van der Waals surface area contributed by atoms with Gasteiger partial charge in [-0.25, -0.2) is 13.1 Å². The molecule has 20 heavy (non-hydrogen) atoms. The maximum absolute atomic E-state index is 11.7. The highest BCUT2D eigenvalue weighted by Gasteiger charge is 2.20. The van der Waals surface area contributed by atoms with Crippen LogP contribution < -0.4 is 10.0 Å². The molecule has 0 aromatic heterocycles. The van der Waals surface area contributed by atoms with Gasteiger partial charge in [-0.15, -0.1) is 0 Å². The van der Waals surface area contributed by atoms with E-state index in [1.54, 1.807) is 0 Å². The molecular weight excluding hydrogens is 288 g/mol. The highest BCUT2D eigenvalue weighted by atomic mass is 32.2. The van der Waals surface area contributed by atoms with Crippen LogP contribution in [0.2, 0.25) is 0 Å². The fourth-order valence-corrected chi connectivity index (χ4v) is 2.61. The van der Waals surface area contributed by atoms with Gasteiger partial charge in [0.15, 0.2) is 0 Å². The van der Waals surface area contributed by atoms with E-state index in [4.69, 9.17) is 4.74 Å². The molecule has 9 heteroatoms. The molecule has 118 valence electrons. The molecule has 0 rings (SSSR count). The van der Waals surface area contributed by atoms with Crippen LogP contribution in [0, 0.1) is 0 Å². The van der Waals surface area contributed by atoms with Gasteiger partial charge in [0, 0.05) is 20.1 Å². The Morgan fingerprint density at radius 1 is 1.25 bits per heavy atom. The monoisotopic (exact) mass is 310 g/mol. The van der Waals surface area contributed by atoms with E-state index in [0.717, 1.165) is 0 Å². The molecule has 1 amide bonds. The third-order valence-corrected chi connectivity index (χ3v) is 3.92. The molecule has 0 radical (unpaired) electrons. The summed E-state index contributed by atoms with van der Waals surface area (Å²) in [4.78, 5) is 22.4. The Hall–Kier alpha value is -1.19. The highest BCUT2D eigenvalue weighted by Crippen LogP contribution is 1.98. The summed E-state index contributed by atoms with van der Waals surface area (Å²) in [7, 11) is -0.873. The molecule has 0 saturated carbocycles. The second-order valence-electron chi connectivity index (χ2n) is 4.12. The van der Waals surface area contributed by atoms with E-state index in [2.05, 4.69) is 14.8 Å². The van der Waals surface area contributed by atoms with Gasteiger partial charge in [0.2, 0.25) is 15.9 Å². The van der Waals surface area contributed by atoms with Crippen molar-refractivity contribution >= 4 is 21.9 Å². The lowest BCUT2D eigenvalue weighted by Crippen LogP contribution is -2.46. The SMILES string of the molecule is COCCNC(=O)C(C)NS(=O)(=O)CCCC(=O)OC. The topological polar surface area (TPSA) is 111 Å². The highest BCUT2D eigenvalue weighted by molar-refractivity contribution is 7.89. The molecule has 0 heterocycles. The molecule has 0 spiro atoms. The normalized spacial score (nSPS) is 12.8. The molecule has 1 atom stereocenters. The van der Waals surface area contributed by atoms with E-state index < -0.39 is 27.9 Å². The van der Waals surface area contributed by atoms with Crippen LogP contribution in [0.25, 0.3) is 0 Å². The molecule has 0 bridgehead atoms. The number of carbonyl (C=O) groups is 2. The second-order valence-corrected chi connectivity index (χ2v) is 6.00. The van der Waals surface area contributed by atoms with Crippen molar-refractivity contribution in [3.05, 3.63) is 0 Å². The summed E-state index contributed by atoms with van der Waals surface area (Å²) < 4.78 is 34.8. The summed E-state index contributed by atoms with van der Waals surface area (Å²) in [5.41, 5.74) is 0. The zero-order valence-corrected chi connectivity index (χ0v) is 12.8. The van der Waals surface area contributed by atoms with E-state index in [1.165, 1.54) is 21.1 Å². The summed E-state index contributed by atoms with van der Waals surface area (Å²) >= 11 is 0. The van der Waals surface area contributed by atoms with Crippen LogP contribution in [0.5, 0.6) is 0 Å². The molecule has 8 nitrogen and oxygen atoms in total. The molecule has 0 aliphatic rings. The molecule has 0 aromatic carbocycles. The van der Waals surface area contributed by atoms with Gasteiger partial charge >= 0.3 is 5.97 Å². The Kier molecular flexibility index (Phi) is 9.10. The zero-order chi connectivity index (χ0) is 15.6. The summed E-state index contributed by atoms with van der Waals surface area (Å²) in [5.74, 6) is -1.14. The van der Waals surface area contributed by atoms with Gasteiger partial charge in [-0.3, -0.25) is 9.59 Å². The number of rotatable bonds is 10. The average Bonchev–Trinajstić information content (AvgIpc) is 2.37. The van der Waals surface area contributed by atoms with Crippen LogP contribution in [-0.2, 0) is 29.1 Å². The van der Waals surface area contributed by atoms with E-state index in [1.807, 2.05) is 0 Å². The smallest absolute Gasteiger partial charge is 0.305 e. The number of hydrogen-bond acceptors (Lipinski definition) is 6. The van der Waals surface area contributed by atoms with E-state index in [9.17, 15) is 18.0 Å². The molecule has 0 fully saturated rings. The molecule has 2 N–H and O–H groups in total. The Balaban J connectivity index is 4.11. The van der Waals surface area contributed by atoms with Crippen molar-refractivity contribution in [1.29, 1.82) is 0 Å². The molecular formula is C11H22N2O6S. The quantitative estimate of drug-likeness (QED) is 0.396. The summed E-state index contributed by atoms with van der Waals surface area (Å²) in [6, 6.07) is -0.880. The molecule has 1 unspecified atom stereocenters. The van der Waals surface area contributed by atoms with E-state index in [0.29, 0.717) is 13.2 Å². The lowest BCUT2D eigenvalue weighted by molar-refractivity contribution is -0.140. The number of hydrogen-bond donors (Lipinski definition) is 2. The largest absolute Gasteiger partial charge is 0.469 e. The molecule has 0 aliphatic carbocycles. The summed E-state index contributed by atoms with van der Waals surface area (Å²) in [6.07, 6.45) is 0.159. The first-order valence-electron chi connectivity index (χ1n) is 6.16. The predicted molar refractivity (Wildman–Crippen MR) is 72.5 cm³/mol. The first-order valence-corrected chi connectivity index (χ1v) is 7.81. The second kappa shape index (κ2) is 9.67. The van der Waals surface area contributed by atoms with Crippen LogP contribution in [0.3, 0.4) is 0 Å². The van der Waals surface area contributed by atoms with Gasteiger partial charge in [-0.2, -0.15) is 0 Å². The number of nitrogens with one attached hydrogen (secondary N) is 2. The van der Waals surface area contributed by atoms with Crippen molar-refractivity contribution in [3.8, 4) is 0 Å². The molecule has 0 aromatic rings. The van der Waals surface area contributed by atoms with Crippen molar-refractivity contribution in [3.63, 3.8) is 0 Å². The van der Waals surface area contributed by atoms with Crippen LogP contribution in [0.4, 0.5) is 0 Å². The van der Waals surface area contributed by atoms with Gasteiger partial charge in [-0.05, 0) is 13.3 Å². The van der Waals surface area contributed by atoms with Crippen LogP contribution >= 0.6 is 0 Å². The third kappa shape index (κ3) is 8.83. The fraction of sp³-hybridized carbons (Fsp3) is 0.818. The average molecular weight is 310 g/mol. The summed E-state index contributed by atoms with van der Waals surface area (Å²) in [6.45, 7) is 2.11. The Labute approximate surface area is 119 Å². The van der Waals surface area contributed by atoms with Crippen molar-refractivity contribution in [2.24, 2.45) is 0 Å². The van der Waals surface area contributed by atoms with Crippen molar-refractivity contribution in [2.75, 3.05) is 33.1 Å². The van der Waals surface area contributed by atoms with E-state index >= 15 is 0 Å². The minimum Gasteiger partial charge on any atom is -0.469 e. The minimum atomic E-state index is -3.61. The van der Waals surface area contributed by atoms with Crippen LogP contribution in [-0.4, -0.2) is 59.5 Å². The maximum atomic E-state index is 11.7. The number of esters is 1. The Morgan fingerprint density at radius 2 is 1.90 bits per heavy atom. The van der Waals surface area contributed by atoms with E-state index in [-0.39, 0.29) is 18.6 Å². The van der Waals surface area contributed by atoms with Gasteiger partial charge in [0.05, 0.1) is 25.5 Å². The lowest BCUT2D eigenvalue weighted by atomic mass is 10.3. The van der Waals surface area contributed by atoms with Gasteiger partial charge in [-0.1, -0.05) is 0 Å². The van der Waals surface area contributed by atoms with Gasteiger partial charge in [0.1, 0.15) is 0 Å². The minimum absolute atomic E-state index is 0.0197. The van der Waals surface area contributed by atoms with Gasteiger partial charge < -0.3 is 14.8 Å². The standard InChI is InChI=1S/C11H22N2O6S/c1-9(11(15)12-6-7-18-2)13-20(16,17)8-4-5-10(14)19-3/h9,13H,4-8H2,1-3H3,(H,12,15). The summed E-state index contributed by atoms with van der Waals surface area (Å²) in [5, 5.41) is 2.52.